The van der Waals surface area contributed by atoms with E-state index in [1.165, 1.54) is 12.1 Å². The molecule has 0 radical (unpaired) electrons. The summed E-state index contributed by atoms with van der Waals surface area (Å²) in [6.07, 6.45) is 3.92. The number of carbonyl (C=O) groups is 1. The minimum atomic E-state index is -0.768. The average molecular weight is 247 g/mol. The van der Waals surface area contributed by atoms with Crippen LogP contribution in [-0.2, 0) is 13.6 Å². The summed E-state index contributed by atoms with van der Waals surface area (Å²) in [5.41, 5.74) is 6.74. The first kappa shape index (κ1) is 12.2. The maximum atomic E-state index is 13.3. The Bertz CT molecular complexity index is 577. The van der Waals surface area contributed by atoms with Gasteiger partial charge in [0.05, 0.1) is 5.56 Å². The first-order chi connectivity index (χ1) is 8.56. The second-order valence-electron chi connectivity index (χ2n) is 4.10. The van der Waals surface area contributed by atoms with Gasteiger partial charge in [-0.2, -0.15) is 0 Å². The third kappa shape index (κ3) is 2.68. The summed E-state index contributed by atoms with van der Waals surface area (Å²) in [6, 6.07) is 6.20. The molecule has 4 nitrogen and oxygen atoms in total. The Labute approximate surface area is 104 Å². The van der Waals surface area contributed by atoms with Crippen molar-refractivity contribution in [1.82, 2.24) is 4.57 Å². The number of nitrogens with one attached hydrogen (secondary N) is 1. The second kappa shape index (κ2) is 4.91. The number of nitrogens with zero attached hydrogens (tertiary/aromatic N) is 1. The van der Waals surface area contributed by atoms with Crippen molar-refractivity contribution in [2.24, 2.45) is 12.8 Å². The molecule has 1 amide bonds. The second-order valence-corrected chi connectivity index (χ2v) is 4.10. The number of anilines is 1. The first-order valence-corrected chi connectivity index (χ1v) is 5.50. The van der Waals surface area contributed by atoms with Gasteiger partial charge in [-0.1, -0.05) is 0 Å². The van der Waals surface area contributed by atoms with E-state index in [0.717, 1.165) is 5.56 Å². The van der Waals surface area contributed by atoms with Crippen molar-refractivity contribution in [2.75, 3.05) is 5.32 Å². The predicted molar refractivity (Wildman–Crippen MR) is 67.7 cm³/mol. The number of rotatable bonds is 4. The lowest BCUT2D eigenvalue weighted by Crippen LogP contribution is -2.13. The van der Waals surface area contributed by atoms with E-state index >= 15 is 0 Å². The monoisotopic (exact) mass is 247 g/mol. The minimum Gasteiger partial charge on any atom is -0.381 e. The van der Waals surface area contributed by atoms with Gasteiger partial charge in [-0.25, -0.2) is 4.39 Å². The highest BCUT2D eigenvalue weighted by molar-refractivity contribution is 5.94. The van der Waals surface area contributed by atoms with E-state index in [-0.39, 0.29) is 5.56 Å². The van der Waals surface area contributed by atoms with Crippen LogP contribution in [0, 0.1) is 5.82 Å². The maximum Gasteiger partial charge on any atom is 0.251 e. The number of amides is 1. The molecule has 0 aliphatic rings. The molecule has 0 atom stereocenters. The van der Waals surface area contributed by atoms with Crippen LogP contribution in [0.15, 0.2) is 36.7 Å². The Morgan fingerprint density at radius 1 is 1.44 bits per heavy atom. The predicted octanol–water partition coefficient (Wildman–Crippen LogP) is 1.88. The lowest BCUT2D eigenvalue weighted by Gasteiger charge is -2.07. The fourth-order valence-electron chi connectivity index (χ4n) is 1.69. The van der Waals surface area contributed by atoms with Crippen LogP contribution in [-0.4, -0.2) is 10.5 Å². The molecule has 1 aromatic carbocycles. The van der Waals surface area contributed by atoms with Gasteiger partial charge in [-0.3, -0.25) is 4.79 Å². The zero-order chi connectivity index (χ0) is 13.1. The number of halogens is 1. The average Bonchev–Trinajstić information content (AvgIpc) is 2.74. The highest BCUT2D eigenvalue weighted by atomic mass is 19.1. The summed E-state index contributed by atoms with van der Waals surface area (Å²) in [6.45, 7) is 0.602. The van der Waals surface area contributed by atoms with E-state index in [4.69, 9.17) is 5.73 Å². The van der Waals surface area contributed by atoms with E-state index in [2.05, 4.69) is 5.32 Å². The van der Waals surface area contributed by atoms with Gasteiger partial charge in [-0.15, -0.1) is 0 Å². The number of nitrogens with two attached hydrogens (primary N) is 1. The Morgan fingerprint density at radius 3 is 2.83 bits per heavy atom. The molecule has 0 saturated heterocycles. The molecule has 0 bridgehead atoms. The SMILES string of the molecule is Cn1ccc(CNc2ccc(F)c(C(N)=O)c2)c1. The van der Waals surface area contributed by atoms with Gasteiger partial charge in [0.1, 0.15) is 5.82 Å². The molecule has 1 aromatic heterocycles. The van der Waals surface area contributed by atoms with Gasteiger partial charge in [0.15, 0.2) is 0 Å². The number of hydrogen-bond donors (Lipinski definition) is 2. The summed E-state index contributed by atoms with van der Waals surface area (Å²) < 4.78 is 15.2. The van der Waals surface area contributed by atoms with Crippen LogP contribution in [0.3, 0.4) is 0 Å². The number of aryl methyl sites for hydroxylation is 1. The van der Waals surface area contributed by atoms with Crippen molar-refractivity contribution >= 4 is 11.6 Å². The third-order valence-electron chi connectivity index (χ3n) is 2.62. The van der Waals surface area contributed by atoms with Crippen LogP contribution in [0.5, 0.6) is 0 Å². The van der Waals surface area contributed by atoms with Crippen LogP contribution in [0.1, 0.15) is 15.9 Å². The molecule has 2 rings (SSSR count). The topological polar surface area (TPSA) is 60.1 Å². The molecular weight excluding hydrogens is 233 g/mol. The summed E-state index contributed by atoms with van der Waals surface area (Å²) in [5, 5.41) is 3.11. The molecule has 0 aliphatic heterocycles. The van der Waals surface area contributed by atoms with Gasteiger partial charge >= 0.3 is 0 Å². The van der Waals surface area contributed by atoms with Crippen molar-refractivity contribution in [3.05, 3.63) is 53.6 Å². The van der Waals surface area contributed by atoms with Crippen LogP contribution in [0.2, 0.25) is 0 Å². The lowest BCUT2D eigenvalue weighted by atomic mass is 10.1. The fourth-order valence-corrected chi connectivity index (χ4v) is 1.69. The fraction of sp³-hybridized carbons (Fsp3) is 0.154. The summed E-state index contributed by atoms with van der Waals surface area (Å²) >= 11 is 0. The van der Waals surface area contributed by atoms with Gasteiger partial charge in [0.2, 0.25) is 0 Å². The van der Waals surface area contributed by atoms with E-state index < -0.39 is 11.7 Å². The molecule has 3 N–H and O–H groups in total. The molecule has 5 heteroatoms. The Hall–Kier alpha value is -2.30. The number of carbonyl (C=O) groups excluding carboxylic acids is 1. The van der Waals surface area contributed by atoms with Gasteiger partial charge in [0, 0.05) is 31.7 Å². The van der Waals surface area contributed by atoms with Crippen molar-refractivity contribution in [2.45, 2.75) is 6.54 Å². The van der Waals surface area contributed by atoms with E-state index in [1.807, 2.05) is 30.1 Å². The van der Waals surface area contributed by atoms with E-state index in [1.54, 1.807) is 6.07 Å². The molecule has 0 unspecified atom stereocenters. The normalized spacial score (nSPS) is 10.3. The van der Waals surface area contributed by atoms with Crippen molar-refractivity contribution in [3.8, 4) is 0 Å². The molecule has 2 aromatic rings. The largest absolute Gasteiger partial charge is 0.381 e. The van der Waals surface area contributed by atoms with Crippen LogP contribution in [0.4, 0.5) is 10.1 Å². The molecule has 0 fully saturated rings. The van der Waals surface area contributed by atoms with E-state index in [9.17, 15) is 9.18 Å². The number of aromatic nitrogens is 1. The maximum absolute atomic E-state index is 13.3. The van der Waals surface area contributed by atoms with E-state index in [0.29, 0.717) is 12.2 Å². The molecule has 18 heavy (non-hydrogen) atoms. The zero-order valence-electron chi connectivity index (χ0n) is 9.98. The summed E-state index contributed by atoms with van der Waals surface area (Å²) in [5.74, 6) is -1.37. The summed E-state index contributed by atoms with van der Waals surface area (Å²) in [7, 11) is 1.94. The van der Waals surface area contributed by atoms with Crippen LogP contribution < -0.4 is 11.1 Å². The van der Waals surface area contributed by atoms with Gasteiger partial charge < -0.3 is 15.6 Å². The highest BCUT2D eigenvalue weighted by Gasteiger charge is 2.08. The molecule has 0 spiro atoms. The molecule has 0 aliphatic carbocycles. The first-order valence-electron chi connectivity index (χ1n) is 5.50. The molecule has 0 saturated carbocycles. The molecule has 1 heterocycles. The number of primary amides is 1. The Balaban J connectivity index is 2.10. The van der Waals surface area contributed by atoms with Crippen molar-refractivity contribution in [3.63, 3.8) is 0 Å². The van der Waals surface area contributed by atoms with Gasteiger partial charge in [-0.05, 0) is 29.8 Å². The Morgan fingerprint density at radius 2 is 2.22 bits per heavy atom. The van der Waals surface area contributed by atoms with Crippen LogP contribution >= 0.6 is 0 Å². The Kier molecular flexibility index (Phi) is 3.32. The van der Waals surface area contributed by atoms with Crippen LogP contribution in [0.25, 0.3) is 0 Å². The quantitative estimate of drug-likeness (QED) is 0.866. The lowest BCUT2D eigenvalue weighted by molar-refractivity contribution is 0.0996. The van der Waals surface area contributed by atoms with Crippen molar-refractivity contribution in [1.29, 1.82) is 0 Å². The standard InChI is InChI=1S/C13H14FN3O/c1-17-5-4-9(8-17)7-16-10-2-3-12(14)11(6-10)13(15)18/h2-6,8,16H,7H2,1H3,(H2,15,18). The number of hydrogen-bond acceptors (Lipinski definition) is 2. The highest BCUT2D eigenvalue weighted by Crippen LogP contribution is 2.15. The summed E-state index contributed by atoms with van der Waals surface area (Å²) in [4.78, 5) is 11.0. The van der Waals surface area contributed by atoms with Gasteiger partial charge in [0.25, 0.3) is 5.91 Å². The zero-order valence-corrected chi connectivity index (χ0v) is 9.98. The number of benzene rings is 1. The molecular formula is C13H14FN3O. The third-order valence-corrected chi connectivity index (χ3v) is 2.62. The molecule has 94 valence electrons. The smallest absolute Gasteiger partial charge is 0.251 e. The van der Waals surface area contributed by atoms with Crippen molar-refractivity contribution < 1.29 is 9.18 Å². The minimum absolute atomic E-state index is 0.104.